The van der Waals surface area contributed by atoms with E-state index >= 15 is 0 Å². The topological polar surface area (TPSA) is 97.1 Å². The molecule has 1 heterocycles. The van der Waals surface area contributed by atoms with E-state index in [1.165, 1.54) is 42.9 Å². The van der Waals surface area contributed by atoms with Crippen molar-refractivity contribution in [3.05, 3.63) is 47.4 Å². The summed E-state index contributed by atoms with van der Waals surface area (Å²) in [5.74, 6) is -0.550. The highest BCUT2D eigenvalue weighted by Crippen LogP contribution is 2.25. The van der Waals surface area contributed by atoms with Crippen LogP contribution in [0.1, 0.15) is 21.7 Å². The molecule has 124 valence electrons. The number of carboxylic acid groups (broad SMARTS) is 1. The lowest BCUT2D eigenvalue weighted by atomic mass is 10.2. The summed E-state index contributed by atoms with van der Waals surface area (Å²) in [4.78, 5) is 11.0. The number of benzene rings is 1. The Morgan fingerprint density at radius 1 is 1.35 bits per heavy atom. The van der Waals surface area contributed by atoms with Crippen LogP contribution < -0.4 is 4.74 Å². The summed E-state index contributed by atoms with van der Waals surface area (Å²) < 4.78 is 36.5. The number of nitrogens with zero attached hydrogens (tertiary/aromatic N) is 1. The van der Waals surface area contributed by atoms with Gasteiger partial charge in [0.15, 0.2) is 0 Å². The number of carboxylic acids is 1. The van der Waals surface area contributed by atoms with Gasteiger partial charge in [-0.25, -0.2) is 13.2 Å². The van der Waals surface area contributed by atoms with E-state index in [-0.39, 0.29) is 22.8 Å². The normalized spacial score (nSPS) is 11.7. The molecule has 0 unspecified atom stereocenters. The van der Waals surface area contributed by atoms with Gasteiger partial charge < -0.3 is 14.3 Å². The molecule has 2 rings (SSSR count). The maximum atomic E-state index is 12.6. The fraction of sp³-hybridized carbons (Fsp3) is 0.267. The molecule has 0 atom stereocenters. The molecule has 0 saturated carbocycles. The lowest BCUT2D eigenvalue weighted by Crippen LogP contribution is -2.26. The highest BCUT2D eigenvalue weighted by atomic mass is 32.2. The van der Waals surface area contributed by atoms with Crippen LogP contribution in [0, 0.1) is 6.92 Å². The van der Waals surface area contributed by atoms with Gasteiger partial charge >= 0.3 is 5.97 Å². The first-order valence-corrected chi connectivity index (χ1v) is 8.12. The molecule has 1 N–H and O–H groups in total. The molecule has 0 bridgehead atoms. The first-order chi connectivity index (χ1) is 10.8. The Morgan fingerprint density at radius 3 is 2.57 bits per heavy atom. The predicted octanol–water partition coefficient (Wildman–Crippen LogP) is 2.12. The Bertz CT molecular complexity index is 824. The minimum atomic E-state index is -3.79. The lowest BCUT2D eigenvalue weighted by Gasteiger charge is -2.17. The largest absolute Gasteiger partial charge is 0.496 e. The molecule has 23 heavy (non-hydrogen) atoms. The van der Waals surface area contributed by atoms with Crippen molar-refractivity contribution in [2.24, 2.45) is 0 Å². The van der Waals surface area contributed by atoms with Crippen LogP contribution in [0.25, 0.3) is 0 Å². The number of methoxy groups -OCH3 is 1. The number of rotatable bonds is 6. The van der Waals surface area contributed by atoms with Gasteiger partial charge in [0, 0.05) is 25.2 Å². The van der Waals surface area contributed by atoms with Gasteiger partial charge in [0.05, 0.1) is 18.3 Å². The minimum Gasteiger partial charge on any atom is -0.496 e. The molecule has 1 aromatic carbocycles. The van der Waals surface area contributed by atoms with Crippen LogP contribution in [-0.4, -0.2) is 38.0 Å². The van der Waals surface area contributed by atoms with Crippen molar-refractivity contribution < 1.29 is 27.5 Å². The highest BCUT2D eigenvalue weighted by molar-refractivity contribution is 7.89. The van der Waals surface area contributed by atoms with Crippen molar-refractivity contribution >= 4 is 16.0 Å². The first-order valence-electron chi connectivity index (χ1n) is 6.68. The summed E-state index contributed by atoms with van der Waals surface area (Å²) in [6, 6.07) is 5.37. The zero-order chi connectivity index (χ0) is 17.2. The van der Waals surface area contributed by atoms with Crippen LogP contribution in [0.15, 0.2) is 39.8 Å². The van der Waals surface area contributed by atoms with Crippen LogP contribution in [0.5, 0.6) is 5.75 Å². The molecule has 7 nitrogen and oxygen atoms in total. The number of hydrogen-bond acceptors (Lipinski definition) is 5. The zero-order valence-electron chi connectivity index (χ0n) is 12.9. The Labute approximate surface area is 134 Å². The first kappa shape index (κ1) is 17.0. The maximum absolute atomic E-state index is 12.6. The second-order valence-corrected chi connectivity index (χ2v) is 6.98. The SMILES string of the molecule is COc1cc(S(=O)(=O)N(C)Cc2ccoc2C)ccc1C(=O)O. The summed E-state index contributed by atoms with van der Waals surface area (Å²) >= 11 is 0. The van der Waals surface area contributed by atoms with Crippen molar-refractivity contribution in [3.8, 4) is 5.75 Å². The van der Waals surface area contributed by atoms with E-state index in [0.29, 0.717) is 5.76 Å². The molecule has 8 heteroatoms. The van der Waals surface area contributed by atoms with Crippen molar-refractivity contribution in [2.45, 2.75) is 18.4 Å². The van der Waals surface area contributed by atoms with E-state index in [2.05, 4.69) is 0 Å². The maximum Gasteiger partial charge on any atom is 0.339 e. The van der Waals surface area contributed by atoms with Gasteiger partial charge in [0.1, 0.15) is 17.1 Å². The van der Waals surface area contributed by atoms with Gasteiger partial charge in [-0.2, -0.15) is 4.31 Å². The number of carbonyl (C=O) groups is 1. The Morgan fingerprint density at radius 2 is 2.04 bits per heavy atom. The zero-order valence-corrected chi connectivity index (χ0v) is 13.8. The van der Waals surface area contributed by atoms with Gasteiger partial charge in [0.2, 0.25) is 10.0 Å². The van der Waals surface area contributed by atoms with E-state index in [9.17, 15) is 13.2 Å². The second kappa shape index (κ2) is 6.43. The number of hydrogen-bond donors (Lipinski definition) is 1. The van der Waals surface area contributed by atoms with Gasteiger partial charge in [-0.15, -0.1) is 0 Å². The van der Waals surface area contributed by atoms with Crippen LogP contribution in [0.2, 0.25) is 0 Å². The molecule has 0 aliphatic carbocycles. The summed E-state index contributed by atoms with van der Waals surface area (Å²) in [7, 11) is -1.06. The second-order valence-electron chi connectivity index (χ2n) is 4.93. The third-order valence-electron chi connectivity index (χ3n) is 3.47. The minimum absolute atomic E-state index is 0.00790. The molecule has 0 fully saturated rings. The number of furan rings is 1. The molecule has 0 spiro atoms. The van der Waals surface area contributed by atoms with Crippen LogP contribution in [0.4, 0.5) is 0 Å². The Balaban J connectivity index is 2.35. The van der Waals surface area contributed by atoms with Gasteiger partial charge in [-0.05, 0) is 25.1 Å². The molecule has 0 amide bonds. The molecular formula is C15H17NO6S. The summed E-state index contributed by atoms with van der Waals surface area (Å²) in [5, 5.41) is 9.05. The number of sulfonamides is 1. The van der Waals surface area contributed by atoms with Crippen LogP contribution in [-0.2, 0) is 16.6 Å². The molecule has 0 aliphatic heterocycles. The molecule has 0 radical (unpaired) electrons. The average molecular weight is 339 g/mol. The van der Waals surface area contributed by atoms with Gasteiger partial charge in [0.25, 0.3) is 0 Å². The predicted molar refractivity (Wildman–Crippen MR) is 82.1 cm³/mol. The lowest BCUT2D eigenvalue weighted by molar-refractivity contribution is 0.0693. The summed E-state index contributed by atoms with van der Waals surface area (Å²) in [6.07, 6.45) is 1.50. The average Bonchev–Trinajstić information content (AvgIpc) is 2.91. The quantitative estimate of drug-likeness (QED) is 0.866. The number of ether oxygens (including phenoxy) is 1. The van der Waals surface area contributed by atoms with Crippen LogP contribution in [0.3, 0.4) is 0 Å². The van der Waals surface area contributed by atoms with E-state index in [0.717, 1.165) is 5.56 Å². The van der Waals surface area contributed by atoms with E-state index in [4.69, 9.17) is 14.3 Å². The summed E-state index contributed by atoms with van der Waals surface area (Å²) in [5.41, 5.74) is 0.657. The number of aryl methyl sites for hydroxylation is 1. The van der Waals surface area contributed by atoms with Crippen molar-refractivity contribution in [1.29, 1.82) is 0 Å². The molecule has 0 aliphatic rings. The third kappa shape index (κ3) is 3.38. The fourth-order valence-corrected chi connectivity index (χ4v) is 3.25. The van der Waals surface area contributed by atoms with E-state index in [1.54, 1.807) is 13.0 Å². The van der Waals surface area contributed by atoms with E-state index in [1.807, 2.05) is 0 Å². The van der Waals surface area contributed by atoms with Crippen molar-refractivity contribution in [1.82, 2.24) is 4.31 Å². The van der Waals surface area contributed by atoms with Crippen molar-refractivity contribution in [2.75, 3.05) is 14.2 Å². The van der Waals surface area contributed by atoms with Crippen LogP contribution >= 0.6 is 0 Å². The number of aromatic carboxylic acids is 1. The Hall–Kier alpha value is -2.32. The van der Waals surface area contributed by atoms with Crippen molar-refractivity contribution in [3.63, 3.8) is 0 Å². The van der Waals surface area contributed by atoms with Gasteiger partial charge in [-0.1, -0.05) is 0 Å². The third-order valence-corrected chi connectivity index (χ3v) is 5.27. The Kier molecular flexibility index (Phi) is 4.76. The molecule has 0 saturated heterocycles. The standard InChI is InChI=1S/C15H17NO6S/c1-10-11(6-7-22-10)9-16(2)23(19,20)12-4-5-13(15(17)18)14(8-12)21-3/h4-8H,9H2,1-3H3,(H,17,18). The monoisotopic (exact) mass is 339 g/mol. The fourth-order valence-electron chi connectivity index (χ4n) is 2.09. The summed E-state index contributed by atoms with van der Waals surface area (Å²) in [6.45, 7) is 1.90. The van der Waals surface area contributed by atoms with Gasteiger partial charge in [-0.3, -0.25) is 0 Å². The molecule has 2 aromatic rings. The molecular weight excluding hydrogens is 322 g/mol. The smallest absolute Gasteiger partial charge is 0.339 e. The highest BCUT2D eigenvalue weighted by Gasteiger charge is 2.24. The molecule has 1 aromatic heterocycles. The van der Waals surface area contributed by atoms with E-state index < -0.39 is 16.0 Å².